The van der Waals surface area contributed by atoms with E-state index in [0.717, 1.165) is 6.07 Å². The minimum absolute atomic E-state index is 0.0358. The molecule has 1 amide bonds. The number of amides is 1. The van der Waals surface area contributed by atoms with Gasteiger partial charge in [-0.05, 0) is 38.1 Å². The van der Waals surface area contributed by atoms with E-state index in [0.29, 0.717) is 0 Å². The van der Waals surface area contributed by atoms with Gasteiger partial charge in [0.2, 0.25) is 0 Å². The zero-order valence-corrected chi connectivity index (χ0v) is 14.8. The van der Waals surface area contributed by atoms with Crippen LogP contribution in [0.15, 0.2) is 35.6 Å². The molecule has 0 saturated heterocycles. The Bertz CT molecular complexity index is 821. The van der Waals surface area contributed by atoms with Gasteiger partial charge in [-0.3, -0.25) is 5.32 Å². The maximum atomic E-state index is 14.2. The topological polar surface area (TPSA) is 102 Å². The number of pyridine rings is 1. The Morgan fingerprint density at radius 3 is 2.58 bits per heavy atom. The van der Waals surface area contributed by atoms with Gasteiger partial charge in [0.1, 0.15) is 11.4 Å². The van der Waals surface area contributed by atoms with Gasteiger partial charge >= 0.3 is 6.09 Å². The van der Waals surface area contributed by atoms with Crippen molar-refractivity contribution >= 4 is 23.3 Å². The number of carbonyl (C=O) groups excluding carboxylic acids is 1. The van der Waals surface area contributed by atoms with Crippen LogP contribution in [-0.2, 0) is 4.74 Å². The normalized spacial score (nSPS) is 10.8. The summed E-state index contributed by atoms with van der Waals surface area (Å²) in [6.07, 6.45) is 0.648. The molecule has 2 N–H and O–H groups in total. The standard InChI is InChI=1S/C17H19FN4O4/c1-17(2,3)26-16(23)21-12-6-5-10(9-11(12)18)25-13-7-8-20-15(19-4)14(13)22-24/h5-9H,1-4H3,(H,19,20)(H,21,23). The van der Waals surface area contributed by atoms with Gasteiger partial charge in [0.15, 0.2) is 23.1 Å². The average molecular weight is 362 g/mol. The van der Waals surface area contributed by atoms with Crippen LogP contribution in [0.4, 0.5) is 26.4 Å². The van der Waals surface area contributed by atoms with Crippen molar-refractivity contribution in [3.8, 4) is 11.5 Å². The van der Waals surface area contributed by atoms with Gasteiger partial charge in [-0.15, -0.1) is 4.91 Å². The Kier molecular flexibility index (Phi) is 5.71. The molecule has 0 atom stereocenters. The zero-order valence-electron chi connectivity index (χ0n) is 14.8. The monoisotopic (exact) mass is 362 g/mol. The molecule has 9 heteroatoms. The Balaban J connectivity index is 2.18. The molecule has 8 nitrogen and oxygen atoms in total. The average Bonchev–Trinajstić information content (AvgIpc) is 2.55. The van der Waals surface area contributed by atoms with Crippen LogP contribution in [0.3, 0.4) is 0 Å². The van der Waals surface area contributed by atoms with E-state index in [1.165, 1.54) is 24.4 Å². The maximum Gasteiger partial charge on any atom is 0.412 e. The molecular formula is C17H19FN4O4. The van der Waals surface area contributed by atoms with Crippen molar-refractivity contribution in [1.82, 2.24) is 4.98 Å². The van der Waals surface area contributed by atoms with Gasteiger partial charge in [0, 0.05) is 25.4 Å². The number of nitroso groups, excluding NO2 is 1. The highest BCUT2D eigenvalue weighted by Crippen LogP contribution is 2.36. The molecule has 0 aliphatic heterocycles. The van der Waals surface area contributed by atoms with Crippen molar-refractivity contribution in [3.05, 3.63) is 41.2 Å². The summed E-state index contributed by atoms with van der Waals surface area (Å²) in [6.45, 7) is 5.10. The minimum Gasteiger partial charge on any atom is -0.455 e. The number of anilines is 2. The minimum atomic E-state index is -0.773. The van der Waals surface area contributed by atoms with Crippen LogP contribution in [0.25, 0.3) is 0 Å². The number of halogens is 1. The molecule has 138 valence electrons. The van der Waals surface area contributed by atoms with E-state index in [4.69, 9.17) is 9.47 Å². The SMILES string of the molecule is CNc1nccc(Oc2ccc(NC(=O)OC(C)(C)C)c(F)c2)c1N=O. The molecule has 0 unspecified atom stereocenters. The molecule has 0 aliphatic rings. The van der Waals surface area contributed by atoms with Crippen molar-refractivity contribution in [1.29, 1.82) is 0 Å². The summed E-state index contributed by atoms with van der Waals surface area (Å²) in [7, 11) is 1.58. The first-order chi connectivity index (χ1) is 12.2. The van der Waals surface area contributed by atoms with Crippen LogP contribution in [0.5, 0.6) is 11.5 Å². The van der Waals surface area contributed by atoms with Gasteiger partial charge in [-0.2, -0.15) is 0 Å². The van der Waals surface area contributed by atoms with Gasteiger partial charge in [0.05, 0.1) is 5.69 Å². The first-order valence-corrected chi connectivity index (χ1v) is 7.71. The summed E-state index contributed by atoms with van der Waals surface area (Å²) in [5.74, 6) is -0.250. The van der Waals surface area contributed by atoms with E-state index < -0.39 is 17.5 Å². The van der Waals surface area contributed by atoms with Crippen molar-refractivity contribution in [2.75, 3.05) is 17.7 Å². The van der Waals surface area contributed by atoms with Gasteiger partial charge < -0.3 is 14.8 Å². The molecule has 1 aromatic heterocycles. The van der Waals surface area contributed by atoms with Crippen LogP contribution in [0.2, 0.25) is 0 Å². The van der Waals surface area contributed by atoms with Crippen molar-refractivity contribution < 1.29 is 18.7 Å². The Morgan fingerprint density at radius 2 is 2.00 bits per heavy atom. The zero-order chi connectivity index (χ0) is 19.3. The molecule has 0 aliphatic carbocycles. The van der Waals surface area contributed by atoms with Gasteiger partial charge in [0.25, 0.3) is 0 Å². The first-order valence-electron chi connectivity index (χ1n) is 7.71. The van der Waals surface area contributed by atoms with E-state index >= 15 is 0 Å². The van der Waals surface area contributed by atoms with E-state index in [1.807, 2.05) is 0 Å². The fourth-order valence-corrected chi connectivity index (χ4v) is 1.99. The fraction of sp³-hybridized carbons (Fsp3) is 0.294. The Hall–Kier alpha value is -3.23. The molecule has 0 bridgehead atoms. The Morgan fingerprint density at radius 1 is 1.27 bits per heavy atom. The Labute approximate surface area is 149 Å². The lowest BCUT2D eigenvalue weighted by atomic mass is 10.2. The number of nitrogens with zero attached hydrogens (tertiary/aromatic N) is 2. The third-order valence-electron chi connectivity index (χ3n) is 3.02. The predicted molar refractivity (Wildman–Crippen MR) is 95.6 cm³/mol. The highest BCUT2D eigenvalue weighted by molar-refractivity contribution is 5.85. The summed E-state index contributed by atoms with van der Waals surface area (Å²) >= 11 is 0. The molecule has 2 aromatic rings. The number of benzene rings is 1. The highest BCUT2D eigenvalue weighted by Gasteiger charge is 2.18. The number of carbonyl (C=O) groups is 1. The van der Waals surface area contributed by atoms with Gasteiger partial charge in [-0.25, -0.2) is 14.2 Å². The molecule has 1 aromatic carbocycles. The van der Waals surface area contributed by atoms with E-state index in [9.17, 15) is 14.1 Å². The summed E-state index contributed by atoms with van der Waals surface area (Å²) < 4.78 is 24.8. The highest BCUT2D eigenvalue weighted by atomic mass is 19.1. The summed E-state index contributed by atoms with van der Waals surface area (Å²) in [5, 5.41) is 7.91. The number of nitrogens with one attached hydrogen (secondary N) is 2. The molecule has 0 saturated carbocycles. The first kappa shape index (κ1) is 19.1. The summed E-state index contributed by atoms with van der Waals surface area (Å²) in [6, 6.07) is 5.26. The number of hydrogen-bond donors (Lipinski definition) is 2. The van der Waals surface area contributed by atoms with Crippen LogP contribution in [0.1, 0.15) is 20.8 Å². The van der Waals surface area contributed by atoms with Crippen molar-refractivity contribution in [3.63, 3.8) is 0 Å². The molecule has 26 heavy (non-hydrogen) atoms. The fourth-order valence-electron chi connectivity index (χ4n) is 1.99. The smallest absolute Gasteiger partial charge is 0.412 e. The quantitative estimate of drug-likeness (QED) is 0.741. The van der Waals surface area contributed by atoms with E-state index in [1.54, 1.807) is 27.8 Å². The van der Waals surface area contributed by atoms with Gasteiger partial charge in [-0.1, -0.05) is 0 Å². The largest absolute Gasteiger partial charge is 0.455 e. The maximum absolute atomic E-state index is 14.2. The third-order valence-corrected chi connectivity index (χ3v) is 3.02. The molecule has 1 heterocycles. The lowest BCUT2D eigenvalue weighted by molar-refractivity contribution is 0.0635. The molecular weight excluding hydrogens is 343 g/mol. The number of aromatic nitrogens is 1. The summed E-state index contributed by atoms with van der Waals surface area (Å²) in [5.41, 5.74) is -0.800. The van der Waals surface area contributed by atoms with Crippen LogP contribution in [-0.4, -0.2) is 23.7 Å². The number of ether oxygens (including phenoxy) is 2. The molecule has 0 fully saturated rings. The predicted octanol–water partition coefficient (Wildman–Crippen LogP) is 4.80. The summed E-state index contributed by atoms with van der Waals surface area (Å²) in [4.78, 5) is 26.7. The van der Waals surface area contributed by atoms with Crippen molar-refractivity contribution in [2.24, 2.45) is 5.18 Å². The van der Waals surface area contributed by atoms with Crippen LogP contribution < -0.4 is 15.4 Å². The van der Waals surface area contributed by atoms with Crippen molar-refractivity contribution in [2.45, 2.75) is 26.4 Å². The van der Waals surface area contributed by atoms with E-state index in [2.05, 4.69) is 20.8 Å². The molecule has 0 spiro atoms. The lowest BCUT2D eigenvalue weighted by Gasteiger charge is -2.20. The second-order valence-corrected chi connectivity index (χ2v) is 6.22. The molecule has 0 radical (unpaired) electrons. The second-order valence-electron chi connectivity index (χ2n) is 6.22. The number of hydrogen-bond acceptors (Lipinski definition) is 7. The lowest BCUT2D eigenvalue weighted by Crippen LogP contribution is -2.27. The second kappa shape index (κ2) is 7.77. The van der Waals surface area contributed by atoms with E-state index in [-0.39, 0.29) is 28.7 Å². The number of rotatable bonds is 5. The molecule has 2 rings (SSSR count). The third kappa shape index (κ3) is 4.88. The van der Waals surface area contributed by atoms with Crippen LogP contribution >= 0.6 is 0 Å². The van der Waals surface area contributed by atoms with Crippen LogP contribution in [0, 0.1) is 10.7 Å².